The molecular formula is C14H10Co2O6. The molecule has 1 aliphatic carbocycles. The third-order valence-corrected chi connectivity index (χ3v) is 1.16. The van der Waals surface area contributed by atoms with Crippen molar-refractivity contribution in [3.8, 4) is 11.8 Å². The minimum absolute atomic E-state index is 0. The Bertz CT molecular complexity index is 292. The Labute approximate surface area is 151 Å². The Hall–Kier alpha value is -1.25. The molecule has 0 amide bonds. The van der Waals surface area contributed by atoms with Gasteiger partial charge in [0, 0.05) is 46.4 Å². The van der Waals surface area contributed by atoms with Gasteiger partial charge in [-0.05, 0) is 12.8 Å². The Balaban J connectivity index is -0.0000000203. The monoisotopic (exact) mass is 392 g/mol. The number of rotatable bonds is 0. The standard InChI is InChI=1S/C8H10.6CO.2Co/c1-2-4-6-8-7-5-3-1;6*1-2;;/h1-2H,3-6H2;;;;;;;;/b2-1-;;;;;;;;. The molecule has 0 aromatic rings. The van der Waals surface area contributed by atoms with Crippen LogP contribution in [-0.4, -0.2) is 0 Å². The molecule has 0 N–H and O–H groups in total. The van der Waals surface area contributed by atoms with Crippen molar-refractivity contribution in [2.45, 2.75) is 25.7 Å². The van der Waals surface area contributed by atoms with Crippen LogP contribution < -0.4 is 0 Å². The number of allylic oxidation sites excluding steroid dienone is 2. The molecule has 0 aromatic carbocycles. The minimum Gasteiger partial charge on any atom is 0 e. The fraction of sp³-hybridized carbons (Fsp3) is 0.286. The van der Waals surface area contributed by atoms with Crippen LogP contribution in [-0.2, 0) is 61.5 Å². The molecule has 0 fully saturated rings. The van der Waals surface area contributed by atoms with E-state index in [2.05, 4.69) is 63.9 Å². The number of hydrogen-bond acceptors (Lipinski definition) is 0. The molecule has 2 radical (unpaired) electrons. The molecule has 0 aliphatic heterocycles. The van der Waals surface area contributed by atoms with E-state index in [9.17, 15) is 0 Å². The van der Waals surface area contributed by atoms with Crippen LogP contribution in [0.3, 0.4) is 0 Å². The van der Waals surface area contributed by atoms with Gasteiger partial charge in [0.05, 0.1) is 0 Å². The molecule has 0 saturated carbocycles. The van der Waals surface area contributed by atoms with Gasteiger partial charge in [-0.1, -0.05) is 12.2 Å². The Kier molecular flexibility index (Phi) is 345. The predicted molar refractivity (Wildman–Crippen MR) is 59.0 cm³/mol. The Morgan fingerprint density at radius 1 is 0.500 bits per heavy atom. The number of hydrogen-bond donors (Lipinski definition) is 0. The van der Waals surface area contributed by atoms with Crippen molar-refractivity contribution < 1.29 is 61.5 Å². The van der Waals surface area contributed by atoms with E-state index >= 15 is 0 Å². The second-order valence-electron chi connectivity index (χ2n) is 1.90. The summed E-state index contributed by atoms with van der Waals surface area (Å²) in [4.78, 5) is 0. The van der Waals surface area contributed by atoms with E-state index in [-0.39, 0.29) is 33.6 Å². The first-order valence-electron chi connectivity index (χ1n) is 4.33. The molecule has 6 nitrogen and oxygen atoms in total. The second-order valence-corrected chi connectivity index (χ2v) is 1.90. The molecule has 0 saturated heterocycles. The first-order valence-corrected chi connectivity index (χ1v) is 4.33. The van der Waals surface area contributed by atoms with Gasteiger partial charge in [-0.2, -0.15) is 0 Å². The quantitative estimate of drug-likeness (QED) is 0.259. The van der Waals surface area contributed by atoms with Crippen LogP contribution in [0.2, 0.25) is 0 Å². The summed E-state index contributed by atoms with van der Waals surface area (Å²) < 4.78 is 45.0. The van der Waals surface area contributed by atoms with Crippen molar-refractivity contribution in [2.75, 3.05) is 0 Å². The zero-order valence-corrected chi connectivity index (χ0v) is 13.2. The SMILES string of the molecule is C1#CCC/C=C\CC1.[C-]#[O+].[C-]#[O+].[C-]#[O+].[C-]#[O+].[C-]#[O+].[C-]#[O+].[Co].[Co]. The van der Waals surface area contributed by atoms with Crippen molar-refractivity contribution in [2.24, 2.45) is 0 Å². The van der Waals surface area contributed by atoms with Gasteiger partial charge in [0.2, 0.25) is 0 Å². The summed E-state index contributed by atoms with van der Waals surface area (Å²) in [6.07, 6.45) is 8.83. The first kappa shape index (κ1) is 49.8. The molecular weight excluding hydrogens is 382 g/mol. The van der Waals surface area contributed by atoms with Gasteiger partial charge in [0.1, 0.15) is 0 Å². The van der Waals surface area contributed by atoms with E-state index < -0.39 is 0 Å². The zero-order valence-electron chi connectivity index (χ0n) is 11.1. The first-order chi connectivity index (χ1) is 10.0. The van der Waals surface area contributed by atoms with Gasteiger partial charge in [-0.15, -0.1) is 11.8 Å². The third-order valence-electron chi connectivity index (χ3n) is 1.16. The average molecular weight is 392 g/mol. The van der Waals surface area contributed by atoms with Gasteiger partial charge in [-0.25, -0.2) is 0 Å². The van der Waals surface area contributed by atoms with Crippen molar-refractivity contribution in [3.63, 3.8) is 0 Å². The van der Waals surface area contributed by atoms with Crippen molar-refractivity contribution in [3.05, 3.63) is 52.1 Å². The van der Waals surface area contributed by atoms with E-state index in [1.54, 1.807) is 0 Å². The average Bonchev–Trinajstić information content (AvgIpc) is 2.58. The summed E-state index contributed by atoms with van der Waals surface area (Å²) in [6, 6.07) is 0. The predicted octanol–water partition coefficient (Wildman–Crippen LogP) is 1.89. The van der Waals surface area contributed by atoms with Gasteiger partial charge in [-0.3, -0.25) is 0 Å². The smallest absolute Gasteiger partial charge is 0 e. The molecule has 22 heavy (non-hydrogen) atoms. The van der Waals surface area contributed by atoms with Crippen LogP contribution in [0.25, 0.3) is 0 Å². The van der Waals surface area contributed by atoms with Gasteiger partial charge < -0.3 is 0 Å². The summed E-state index contributed by atoms with van der Waals surface area (Å²) in [5.74, 6) is 6.17. The van der Waals surface area contributed by atoms with Crippen LogP contribution in [0, 0.1) is 51.7 Å². The van der Waals surface area contributed by atoms with E-state index in [0.717, 1.165) is 25.7 Å². The fourth-order valence-electron chi connectivity index (χ4n) is 0.723. The van der Waals surface area contributed by atoms with Crippen molar-refractivity contribution in [1.29, 1.82) is 0 Å². The molecule has 0 bridgehead atoms. The van der Waals surface area contributed by atoms with E-state index in [0.29, 0.717) is 0 Å². The molecule has 0 unspecified atom stereocenters. The van der Waals surface area contributed by atoms with E-state index in [1.165, 1.54) is 0 Å². The van der Waals surface area contributed by atoms with Gasteiger partial charge in [0.15, 0.2) is 0 Å². The molecule has 0 spiro atoms. The van der Waals surface area contributed by atoms with Crippen LogP contribution >= 0.6 is 0 Å². The van der Waals surface area contributed by atoms with E-state index in [4.69, 9.17) is 27.9 Å². The van der Waals surface area contributed by atoms with Crippen molar-refractivity contribution >= 4 is 0 Å². The Morgan fingerprint density at radius 2 is 0.682 bits per heavy atom. The fourth-order valence-corrected chi connectivity index (χ4v) is 0.723. The van der Waals surface area contributed by atoms with Crippen LogP contribution in [0.15, 0.2) is 12.2 Å². The summed E-state index contributed by atoms with van der Waals surface area (Å²) in [6.45, 7) is 27.0. The molecule has 1 aliphatic rings. The van der Waals surface area contributed by atoms with Crippen molar-refractivity contribution in [1.82, 2.24) is 0 Å². The molecule has 120 valence electrons. The summed E-state index contributed by atoms with van der Waals surface area (Å²) >= 11 is 0. The normalized spacial score (nSPS) is 8.55. The molecule has 8 heteroatoms. The molecule has 1 rings (SSSR count). The molecule has 0 heterocycles. The van der Waals surface area contributed by atoms with E-state index in [1.807, 2.05) is 0 Å². The summed E-state index contributed by atoms with van der Waals surface area (Å²) in [7, 11) is 0. The maximum absolute atomic E-state index is 7.50. The minimum atomic E-state index is 0. The largest absolute Gasteiger partial charge is 0 e. The summed E-state index contributed by atoms with van der Waals surface area (Å²) in [5, 5.41) is 0. The van der Waals surface area contributed by atoms with Gasteiger partial charge in [0.25, 0.3) is 0 Å². The molecule has 0 atom stereocenters. The van der Waals surface area contributed by atoms with Gasteiger partial charge >= 0.3 is 67.8 Å². The molecule has 0 aromatic heterocycles. The topological polar surface area (TPSA) is 119 Å². The maximum atomic E-state index is 7.50. The second kappa shape index (κ2) is 152. The van der Waals surface area contributed by atoms with Crippen LogP contribution in [0.4, 0.5) is 0 Å². The van der Waals surface area contributed by atoms with Crippen LogP contribution in [0.1, 0.15) is 25.7 Å². The Morgan fingerprint density at radius 3 is 0.864 bits per heavy atom. The third kappa shape index (κ3) is 130. The summed E-state index contributed by atoms with van der Waals surface area (Å²) in [5.41, 5.74) is 0. The van der Waals surface area contributed by atoms with Crippen LogP contribution in [0.5, 0.6) is 0 Å². The zero-order chi connectivity index (χ0) is 17.7. The maximum Gasteiger partial charge on any atom is 0 e.